The van der Waals surface area contributed by atoms with Crippen LogP contribution in [0.1, 0.15) is 25.7 Å². The summed E-state index contributed by atoms with van der Waals surface area (Å²) in [5.74, 6) is 0.239. The summed E-state index contributed by atoms with van der Waals surface area (Å²) in [6.07, 6.45) is 3.94. The fourth-order valence-electron chi connectivity index (χ4n) is 2.56. The van der Waals surface area contributed by atoms with E-state index in [2.05, 4.69) is 23.9 Å². The number of piperidine rings is 1. The van der Waals surface area contributed by atoms with Crippen molar-refractivity contribution >= 4 is 5.91 Å². The minimum Gasteiger partial charge on any atom is -0.346 e. The summed E-state index contributed by atoms with van der Waals surface area (Å²) in [4.78, 5) is 18.4. The van der Waals surface area contributed by atoms with Crippen molar-refractivity contribution < 1.29 is 4.79 Å². The number of hydrogen-bond acceptors (Lipinski definition) is 4. The van der Waals surface area contributed by atoms with Gasteiger partial charge in [-0.2, -0.15) is 0 Å². The van der Waals surface area contributed by atoms with Crippen molar-refractivity contribution in [3.8, 4) is 0 Å². The van der Waals surface area contributed by atoms with Crippen molar-refractivity contribution in [2.75, 3.05) is 53.9 Å². The third-order valence-corrected chi connectivity index (χ3v) is 4.05. The Labute approximate surface area is 117 Å². The van der Waals surface area contributed by atoms with E-state index in [0.717, 1.165) is 32.6 Å². The average molecular weight is 270 g/mol. The molecule has 19 heavy (non-hydrogen) atoms. The van der Waals surface area contributed by atoms with Crippen LogP contribution in [0.3, 0.4) is 0 Å². The topological polar surface area (TPSA) is 52.8 Å². The average Bonchev–Trinajstić information content (AvgIpc) is 2.42. The molecule has 0 radical (unpaired) electrons. The molecule has 1 fully saturated rings. The summed E-state index contributed by atoms with van der Waals surface area (Å²) in [5.41, 5.74) is 5.46. The number of carbonyl (C=O) groups is 1. The molecule has 1 amide bonds. The molecule has 1 rings (SSSR count). The monoisotopic (exact) mass is 270 g/mol. The van der Waals surface area contributed by atoms with Crippen molar-refractivity contribution in [2.45, 2.75) is 31.7 Å². The molecule has 0 aromatic rings. The van der Waals surface area contributed by atoms with E-state index in [0.29, 0.717) is 19.0 Å². The number of nitrogens with two attached hydrogens (primary N) is 1. The molecule has 1 aliphatic rings. The van der Waals surface area contributed by atoms with Crippen LogP contribution in [0, 0.1) is 0 Å². The van der Waals surface area contributed by atoms with Crippen LogP contribution in [-0.2, 0) is 4.79 Å². The lowest BCUT2D eigenvalue weighted by Gasteiger charge is -2.35. The highest BCUT2D eigenvalue weighted by Gasteiger charge is 2.21. The molecule has 0 saturated carbocycles. The fraction of sp³-hybridized carbons (Fsp3) is 0.929. The second kappa shape index (κ2) is 8.51. The molecule has 0 spiro atoms. The van der Waals surface area contributed by atoms with Gasteiger partial charge in [0.2, 0.25) is 5.91 Å². The minimum absolute atomic E-state index is 0.239. The van der Waals surface area contributed by atoms with Crippen LogP contribution in [0.5, 0.6) is 0 Å². The van der Waals surface area contributed by atoms with E-state index in [9.17, 15) is 4.79 Å². The van der Waals surface area contributed by atoms with Gasteiger partial charge in [0, 0.05) is 32.6 Å². The van der Waals surface area contributed by atoms with E-state index in [4.69, 9.17) is 5.73 Å². The zero-order valence-corrected chi connectivity index (χ0v) is 12.8. The van der Waals surface area contributed by atoms with Crippen LogP contribution in [0.2, 0.25) is 0 Å². The molecule has 1 aliphatic heterocycles. The first-order valence-corrected chi connectivity index (χ1v) is 7.37. The summed E-state index contributed by atoms with van der Waals surface area (Å²) in [7, 11) is 6.17. The first-order valence-electron chi connectivity index (χ1n) is 7.37. The number of rotatable bonds is 7. The third kappa shape index (κ3) is 5.89. The lowest BCUT2D eigenvalue weighted by molar-refractivity contribution is -0.130. The van der Waals surface area contributed by atoms with Crippen molar-refractivity contribution in [2.24, 2.45) is 5.73 Å². The zero-order valence-electron chi connectivity index (χ0n) is 12.8. The third-order valence-electron chi connectivity index (χ3n) is 4.05. The molecule has 0 aromatic heterocycles. The number of likely N-dealkylation sites (tertiary alicyclic amines) is 1. The summed E-state index contributed by atoms with van der Waals surface area (Å²) in [6, 6.07) is 0.708. The Morgan fingerprint density at radius 2 is 1.89 bits per heavy atom. The molecule has 5 nitrogen and oxygen atoms in total. The molecular formula is C14H30N4O. The molecule has 0 unspecified atom stereocenters. The second-order valence-corrected chi connectivity index (χ2v) is 5.74. The second-order valence-electron chi connectivity index (χ2n) is 5.74. The first-order chi connectivity index (χ1) is 9.04. The molecule has 0 aliphatic carbocycles. The van der Waals surface area contributed by atoms with E-state index < -0.39 is 0 Å². The van der Waals surface area contributed by atoms with Gasteiger partial charge >= 0.3 is 0 Å². The standard InChI is InChI=1S/C14H30N4O/c1-16(2)13-5-10-18(11-6-13)12-7-14(19)17(3)9-4-8-15/h13H,4-12,15H2,1-3H3. The summed E-state index contributed by atoms with van der Waals surface area (Å²) in [5, 5.41) is 0. The first kappa shape index (κ1) is 16.4. The largest absolute Gasteiger partial charge is 0.346 e. The number of nitrogens with zero attached hydrogens (tertiary/aromatic N) is 3. The summed E-state index contributed by atoms with van der Waals surface area (Å²) in [6.45, 7) is 4.55. The van der Waals surface area contributed by atoms with Gasteiger partial charge in [-0.05, 0) is 53.0 Å². The highest BCUT2D eigenvalue weighted by molar-refractivity contribution is 5.76. The van der Waals surface area contributed by atoms with Gasteiger partial charge in [0.15, 0.2) is 0 Å². The van der Waals surface area contributed by atoms with Gasteiger partial charge in [0.25, 0.3) is 0 Å². The van der Waals surface area contributed by atoms with E-state index in [1.165, 1.54) is 12.8 Å². The maximum atomic E-state index is 11.9. The van der Waals surface area contributed by atoms with Gasteiger partial charge in [-0.25, -0.2) is 0 Å². The molecular weight excluding hydrogens is 240 g/mol. The molecule has 0 atom stereocenters. The maximum Gasteiger partial charge on any atom is 0.223 e. The van der Waals surface area contributed by atoms with Crippen molar-refractivity contribution in [1.82, 2.24) is 14.7 Å². The smallest absolute Gasteiger partial charge is 0.223 e. The van der Waals surface area contributed by atoms with Crippen LogP contribution in [-0.4, -0.2) is 80.5 Å². The van der Waals surface area contributed by atoms with Gasteiger partial charge in [-0.3, -0.25) is 4.79 Å². The van der Waals surface area contributed by atoms with Crippen LogP contribution < -0.4 is 5.73 Å². The van der Waals surface area contributed by atoms with Gasteiger partial charge < -0.3 is 20.4 Å². The van der Waals surface area contributed by atoms with Gasteiger partial charge in [0.1, 0.15) is 0 Å². The maximum absolute atomic E-state index is 11.9. The van der Waals surface area contributed by atoms with E-state index in [1.54, 1.807) is 4.90 Å². The molecule has 0 bridgehead atoms. The normalized spacial score (nSPS) is 17.9. The predicted octanol–water partition coefficient (Wildman–Crippen LogP) is 0.210. The SMILES string of the molecule is CN(CCCN)C(=O)CCN1CCC(N(C)C)CC1. The highest BCUT2D eigenvalue weighted by Crippen LogP contribution is 2.14. The van der Waals surface area contributed by atoms with Crippen molar-refractivity contribution in [3.63, 3.8) is 0 Å². The molecule has 112 valence electrons. The Morgan fingerprint density at radius 1 is 1.26 bits per heavy atom. The van der Waals surface area contributed by atoms with Crippen LogP contribution >= 0.6 is 0 Å². The number of hydrogen-bond donors (Lipinski definition) is 1. The summed E-state index contributed by atoms with van der Waals surface area (Å²) < 4.78 is 0. The molecule has 1 saturated heterocycles. The zero-order chi connectivity index (χ0) is 14.3. The Bertz CT molecular complexity index is 262. The van der Waals surface area contributed by atoms with Gasteiger partial charge in [-0.1, -0.05) is 0 Å². The fourth-order valence-corrected chi connectivity index (χ4v) is 2.56. The molecule has 1 heterocycles. The molecule has 0 aromatic carbocycles. The Balaban J connectivity index is 2.18. The lowest BCUT2D eigenvalue weighted by Crippen LogP contribution is -2.43. The van der Waals surface area contributed by atoms with E-state index in [1.807, 2.05) is 7.05 Å². The Morgan fingerprint density at radius 3 is 2.42 bits per heavy atom. The van der Waals surface area contributed by atoms with Crippen molar-refractivity contribution in [3.05, 3.63) is 0 Å². The molecule has 5 heteroatoms. The Kier molecular flexibility index (Phi) is 7.34. The van der Waals surface area contributed by atoms with Crippen molar-refractivity contribution in [1.29, 1.82) is 0 Å². The van der Waals surface area contributed by atoms with Gasteiger partial charge in [0.05, 0.1) is 0 Å². The van der Waals surface area contributed by atoms with E-state index >= 15 is 0 Å². The van der Waals surface area contributed by atoms with Crippen LogP contribution in [0.15, 0.2) is 0 Å². The van der Waals surface area contributed by atoms with Crippen LogP contribution in [0.4, 0.5) is 0 Å². The number of amides is 1. The molecule has 2 N–H and O–H groups in total. The lowest BCUT2D eigenvalue weighted by atomic mass is 10.0. The van der Waals surface area contributed by atoms with Crippen LogP contribution in [0.25, 0.3) is 0 Å². The predicted molar refractivity (Wildman–Crippen MR) is 79.1 cm³/mol. The van der Waals surface area contributed by atoms with Gasteiger partial charge in [-0.15, -0.1) is 0 Å². The number of carbonyl (C=O) groups excluding carboxylic acids is 1. The highest BCUT2D eigenvalue weighted by atomic mass is 16.2. The summed E-state index contributed by atoms with van der Waals surface area (Å²) >= 11 is 0. The quantitative estimate of drug-likeness (QED) is 0.718. The minimum atomic E-state index is 0.239. The Hall–Kier alpha value is -0.650. The van der Waals surface area contributed by atoms with E-state index in [-0.39, 0.29) is 5.91 Å².